The van der Waals surface area contributed by atoms with Gasteiger partial charge in [0.05, 0.1) is 41.3 Å². The zero-order chi connectivity index (χ0) is 20.2. The Balaban J connectivity index is 1.77. The third kappa shape index (κ3) is 2.87. The van der Waals surface area contributed by atoms with Gasteiger partial charge >= 0.3 is 0 Å². The number of hydrogen-bond donors (Lipinski definition) is 1. The Kier molecular flexibility index (Phi) is 4.52. The molecular formula is C20H10N4S6. The topological polar surface area (TPSA) is 64.7 Å². The minimum Gasteiger partial charge on any atom is -0.389 e. The van der Waals surface area contributed by atoms with E-state index in [4.69, 9.17) is 27.9 Å². The van der Waals surface area contributed by atoms with E-state index in [9.17, 15) is 0 Å². The van der Waals surface area contributed by atoms with E-state index in [1.54, 1.807) is 56.7 Å². The molecule has 1 aromatic carbocycles. The number of aromatic nitrogens is 3. The van der Waals surface area contributed by atoms with Gasteiger partial charge in [-0.15, -0.1) is 56.7 Å². The molecule has 0 aliphatic carbocycles. The molecule has 0 atom stereocenters. The van der Waals surface area contributed by atoms with Gasteiger partial charge in [-0.2, -0.15) is 0 Å². The molecule has 0 amide bonds. The summed E-state index contributed by atoms with van der Waals surface area (Å²) in [4.78, 5) is 17.2. The summed E-state index contributed by atoms with van der Waals surface area (Å²) in [5.41, 5.74) is 9.82. The predicted octanol–water partition coefficient (Wildman–Crippen LogP) is 7.12. The Hall–Kier alpha value is -2.08. The fourth-order valence-corrected chi connectivity index (χ4v) is 8.18. The zero-order valence-corrected chi connectivity index (χ0v) is 19.9. The minimum atomic E-state index is 0.347. The van der Waals surface area contributed by atoms with E-state index < -0.39 is 0 Å². The molecule has 0 bridgehead atoms. The molecule has 10 heteroatoms. The van der Waals surface area contributed by atoms with Crippen molar-refractivity contribution in [3.05, 3.63) is 52.2 Å². The van der Waals surface area contributed by atoms with Crippen LogP contribution in [0.2, 0.25) is 0 Å². The molecule has 0 aliphatic heterocycles. The van der Waals surface area contributed by atoms with E-state index in [-0.39, 0.29) is 0 Å². The van der Waals surface area contributed by atoms with Crippen molar-refractivity contribution in [2.45, 2.75) is 0 Å². The Morgan fingerprint density at radius 3 is 2.03 bits per heavy atom. The molecule has 146 valence electrons. The Bertz CT molecular complexity index is 1420. The van der Waals surface area contributed by atoms with Gasteiger partial charge in [0.25, 0.3) is 0 Å². The third-order valence-electron chi connectivity index (χ3n) is 4.54. The summed E-state index contributed by atoms with van der Waals surface area (Å²) in [6.07, 6.45) is 1.83. The van der Waals surface area contributed by atoms with Crippen molar-refractivity contribution in [1.82, 2.24) is 15.0 Å². The van der Waals surface area contributed by atoms with Crippen LogP contribution in [0, 0.1) is 0 Å². The molecule has 5 aromatic heterocycles. The Morgan fingerprint density at radius 1 is 0.800 bits per heavy atom. The first kappa shape index (κ1) is 18.7. The van der Waals surface area contributed by atoms with E-state index in [1.807, 2.05) is 23.7 Å². The van der Waals surface area contributed by atoms with E-state index in [1.165, 1.54) is 0 Å². The summed E-state index contributed by atoms with van der Waals surface area (Å²) in [6, 6.07) is 8.24. The molecular weight excluding hydrogens is 489 g/mol. The van der Waals surface area contributed by atoms with Crippen LogP contribution >= 0.6 is 68.9 Å². The first-order valence-corrected chi connectivity index (χ1v) is 13.4. The molecule has 0 saturated heterocycles. The maximum atomic E-state index is 6.24. The molecule has 6 aromatic rings. The average molecular weight is 499 g/mol. The summed E-state index contributed by atoms with van der Waals surface area (Å²) in [6.45, 7) is 0. The molecule has 0 fully saturated rings. The number of fused-ring (bicyclic) bond motifs is 2. The van der Waals surface area contributed by atoms with E-state index >= 15 is 0 Å². The first-order chi connectivity index (χ1) is 14.7. The van der Waals surface area contributed by atoms with Crippen molar-refractivity contribution in [1.29, 1.82) is 0 Å². The summed E-state index contributed by atoms with van der Waals surface area (Å²) >= 11 is 13.7. The van der Waals surface area contributed by atoms with E-state index in [2.05, 4.69) is 27.9 Å². The molecule has 30 heavy (non-hydrogen) atoms. The van der Waals surface area contributed by atoms with Crippen LogP contribution in [0.1, 0.15) is 5.56 Å². The second kappa shape index (κ2) is 7.26. The Labute approximate surface area is 196 Å². The van der Waals surface area contributed by atoms with Gasteiger partial charge < -0.3 is 5.73 Å². The fraction of sp³-hybridized carbons (Fsp3) is 0. The molecule has 5 heterocycles. The molecule has 0 radical (unpaired) electrons. The summed E-state index contributed by atoms with van der Waals surface area (Å²) in [7, 11) is 0. The largest absolute Gasteiger partial charge is 0.389 e. The number of nitrogens with two attached hydrogens (primary N) is 1. The van der Waals surface area contributed by atoms with Gasteiger partial charge in [-0.3, -0.25) is 0 Å². The van der Waals surface area contributed by atoms with Crippen molar-refractivity contribution in [3.8, 4) is 30.3 Å². The minimum absolute atomic E-state index is 0.347. The van der Waals surface area contributed by atoms with Gasteiger partial charge in [0.2, 0.25) is 0 Å². The van der Waals surface area contributed by atoms with Crippen LogP contribution in [0.15, 0.2) is 46.6 Å². The van der Waals surface area contributed by atoms with E-state index in [0.717, 1.165) is 56.3 Å². The SMILES string of the molecule is NC(=S)c1c2nc(-c3cccs3)sc2c(-c2nccs2)c2nc(-c3cccs3)sc12. The van der Waals surface area contributed by atoms with Crippen LogP contribution in [0.25, 0.3) is 50.8 Å². The van der Waals surface area contributed by atoms with Gasteiger partial charge in [0.15, 0.2) is 0 Å². The molecule has 0 spiro atoms. The van der Waals surface area contributed by atoms with Gasteiger partial charge in [0, 0.05) is 11.6 Å². The lowest BCUT2D eigenvalue weighted by molar-refractivity contribution is 1.42. The number of hydrogen-bond acceptors (Lipinski definition) is 9. The number of rotatable bonds is 4. The number of thiazole rings is 3. The lowest BCUT2D eigenvalue weighted by atomic mass is 10.1. The summed E-state index contributed by atoms with van der Waals surface area (Å²) < 4.78 is 2.01. The van der Waals surface area contributed by atoms with Crippen molar-refractivity contribution in [2.75, 3.05) is 0 Å². The van der Waals surface area contributed by atoms with Crippen molar-refractivity contribution in [3.63, 3.8) is 0 Å². The van der Waals surface area contributed by atoms with Crippen LogP contribution < -0.4 is 5.73 Å². The highest BCUT2D eigenvalue weighted by Gasteiger charge is 2.26. The lowest BCUT2D eigenvalue weighted by Gasteiger charge is -2.06. The number of benzene rings is 1. The summed E-state index contributed by atoms with van der Waals surface area (Å²) in [5.74, 6) is 0. The second-order valence-corrected chi connectivity index (χ2v) is 11.5. The normalized spacial score (nSPS) is 11.6. The monoisotopic (exact) mass is 498 g/mol. The summed E-state index contributed by atoms with van der Waals surface area (Å²) in [5, 5.41) is 8.97. The Morgan fingerprint density at radius 2 is 1.47 bits per heavy atom. The highest BCUT2D eigenvalue weighted by Crippen LogP contribution is 2.47. The van der Waals surface area contributed by atoms with E-state index in [0.29, 0.717) is 4.99 Å². The second-order valence-electron chi connectivity index (χ2n) is 6.30. The number of thiocarbonyl (C=S) groups is 1. The predicted molar refractivity (Wildman–Crippen MR) is 136 cm³/mol. The number of nitrogens with zero attached hydrogens (tertiary/aromatic N) is 3. The molecule has 4 nitrogen and oxygen atoms in total. The molecule has 6 rings (SSSR count). The molecule has 0 saturated carbocycles. The quantitative estimate of drug-likeness (QED) is 0.262. The van der Waals surface area contributed by atoms with Crippen LogP contribution in [0.4, 0.5) is 0 Å². The van der Waals surface area contributed by atoms with Gasteiger partial charge in [-0.1, -0.05) is 24.4 Å². The van der Waals surface area contributed by atoms with Crippen molar-refractivity contribution >= 4 is 94.3 Å². The highest BCUT2D eigenvalue weighted by atomic mass is 32.1. The average Bonchev–Trinajstić information content (AvgIpc) is 3.54. The first-order valence-electron chi connectivity index (χ1n) is 8.75. The molecule has 0 aliphatic rings. The lowest BCUT2D eigenvalue weighted by Crippen LogP contribution is -2.10. The van der Waals surface area contributed by atoms with Crippen molar-refractivity contribution in [2.24, 2.45) is 5.73 Å². The smallest absolute Gasteiger partial charge is 0.134 e. The molecule has 2 N–H and O–H groups in total. The van der Waals surface area contributed by atoms with Crippen LogP contribution in [0.5, 0.6) is 0 Å². The van der Waals surface area contributed by atoms with Crippen LogP contribution in [-0.2, 0) is 0 Å². The van der Waals surface area contributed by atoms with Crippen molar-refractivity contribution < 1.29 is 0 Å². The maximum Gasteiger partial charge on any atom is 0.134 e. The van der Waals surface area contributed by atoms with Gasteiger partial charge in [-0.05, 0) is 22.9 Å². The zero-order valence-electron chi connectivity index (χ0n) is 15.0. The number of thiophene rings is 2. The van der Waals surface area contributed by atoms with Gasteiger partial charge in [-0.25, -0.2) is 15.0 Å². The van der Waals surface area contributed by atoms with Gasteiger partial charge in [0.1, 0.15) is 20.0 Å². The van der Waals surface area contributed by atoms with Crippen LogP contribution in [-0.4, -0.2) is 19.9 Å². The van der Waals surface area contributed by atoms with Crippen LogP contribution in [0.3, 0.4) is 0 Å². The fourth-order valence-electron chi connectivity index (χ4n) is 3.32. The molecule has 0 unspecified atom stereocenters. The third-order valence-corrected chi connectivity index (χ3v) is 9.76. The highest BCUT2D eigenvalue weighted by molar-refractivity contribution is 7.80. The maximum absolute atomic E-state index is 6.24. The standard InChI is InChI=1S/C20H10N4S6/c21-17(25)11-13-16(30-18(23-13)9-3-1-6-26-9)12(20-22-5-8-28-20)14-15(11)29-19(24-14)10-4-2-7-27-10/h1-8H,(H2,21,25).